The molecule has 1 saturated heterocycles. The Balaban J connectivity index is 1.48. The Morgan fingerprint density at radius 3 is 2.25 bits per heavy atom. The SMILES string of the molecule is O=C(CCN1C(=O)C2CC=CCC2C1=O)NNc1ccc(Cl)cc1. The Kier molecular flexibility index (Phi) is 4.85. The fourth-order valence-corrected chi connectivity index (χ4v) is 3.17. The van der Waals surface area contributed by atoms with Crippen LogP contribution in [0.5, 0.6) is 0 Å². The minimum Gasteiger partial charge on any atom is -0.299 e. The van der Waals surface area contributed by atoms with Crippen molar-refractivity contribution in [3.63, 3.8) is 0 Å². The van der Waals surface area contributed by atoms with Crippen LogP contribution >= 0.6 is 11.6 Å². The molecule has 2 atom stereocenters. The van der Waals surface area contributed by atoms with E-state index in [1.807, 2.05) is 12.2 Å². The number of nitrogens with zero attached hydrogens (tertiary/aromatic N) is 1. The fraction of sp³-hybridized carbons (Fsp3) is 0.353. The van der Waals surface area contributed by atoms with Gasteiger partial charge in [0.15, 0.2) is 0 Å². The highest BCUT2D eigenvalue weighted by Crippen LogP contribution is 2.34. The van der Waals surface area contributed by atoms with Gasteiger partial charge in [-0.25, -0.2) is 0 Å². The van der Waals surface area contributed by atoms with Crippen molar-refractivity contribution in [2.24, 2.45) is 11.8 Å². The van der Waals surface area contributed by atoms with Crippen molar-refractivity contribution in [3.8, 4) is 0 Å². The minimum atomic E-state index is -0.293. The first-order valence-electron chi connectivity index (χ1n) is 7.87. The van der Waals surface area contributed by atoms with Gasteiger partial charge in [0.25, 0.3) is 0 Å². The molecule has 1 aliphatic heterocycles. The molecule has 7 heteroatoms. The van der Waals surface area contributed by atoms with Gasteiger partial charge < -0.3 is 0 Å². The predicted octanol–water partition coefficient (Wildman–Crippen LogP) is 2.12. The average molecular weight is 348 g/mol. The lowest BCUT2D eigenvalue weighted by molar-refractivity contribution is -0.140. The molecule has 0 saturated carbocycles. The number of benzene rings is 1. The number of hydrazine groups is 1. The summed E-state index contributed by atoms with van der Waals surface area (Å²) >= 11 is 5.79. The van der Waals surface area contributed by atoms with Gasteiger partial charge in [0.1, 0.15) is 0 Å². The Hall–Kier alpha value is -2.34. The van der Waals surface area contributed by atoms with Crippen LogP contribution in [-0.2, 0) is 14.4 Å². The molecule has 2 unspecified atom stereocenters. The largest absolute Gasteiger partial charge is 0.299 e. The number of carbonyl (C=O) groups excluding carboxylic acids is 3. The van der Waals surface area contributed by atoms with Crippen LogP contribution in [0.15, 0.2) is 36.4 Å². The Labute approximate surface area is 144 Å². The van der Waals surface area contributed by atoms with E-state index in [0.717, 1.165) is 0 Å². The number of likely N-dealkylation sites (tertiary alicyclic amines) is 1. The van der Waals surface area contributed by atoms with E-state index < -0.39 is 0 Å². The van der Waals surface area contributed by atoms with E-state index in [4.69, 9.17) is 11.6 Å². The summed E-state index contributed by atoms with van der Waals surface area (Å²) in [7, 11) is 0. The summed E-state index contributed by atoms with van der Waals surface area (Å²) in [6.07, 6.45) is 5.16. The molecule has 1 aromatic rings. The second-order valence-corrected chi connectivity index (χ2v) is 6.35. The monoisotopic (exact) mass is 347 g/mol. The van der Waals surface area contributed by atoms with E-state index in [9.17, 15) is 14.4 Å². The zero-order valence-electron chi connectivity index (χ0n) is 13.0. The van der Waals surface area contributed by atoms with Crippen molar-refractivity contribution in [1.29, 1.82) is 0 Å². The first-order valence-corrected chi connectivity index (χ1v) is 8.24. The highest BCUT2D eigenvalue weighted by Gasteiger charge is 2.46. The molecular weight excluding hydrogens is 330 g/mol. The number of amides is 3. The van der Waals surface area contributed by atoms with Gasteiger partial charge >= 0.3 is 0 Å². The van der Waals surface area contributed by atoms with Gasteiger partial charge in [0, 0.05) is 18.0 Å². The number of hydrogen-bond donors (Lipinski definition) is 2. The first kappa shape index (κ1) is 16.5. The molecule has 0 radical (unpaired) electrons. The second-order valence-electron chi connectivity index (χ2n) is 5.91. The molecule has 2 aliphatic rings. The number of nitrogens with one attached hydrogen (secondary N) is 2. The quantitative estimate of drug-likeness (QED) is 0.486. The number of halogens is 1. The van der Waals surface area contributed by atoms with Crippen molar-refractivity contribution in [2.75, 3.05) is 12.0 Å². The van der Waals surface area contributed by atoms with E-state index in [-0.39, 0.29) is 42.5 Å². The third-order valence-electron chi connectivity index (χ3n) is 4.35. The van der Waals surface area contributed by atoms with Crippen LogP contribution in [0.4, 0.5) is 5.69 Å². The van der Waals surface area contributed by atoms with Gasteiger partial charge in [-0.05, 0) is 37.1 Å². The molecule has 2 N–H and O–H groups in total. The summed E-state index contributed by atoms with van der Waals surface area (Å²) < 4.78 is 0. The van der Waals surface area contributed by atoms with Gasteiger partial charge in [-0.15, -0.1) is 0 Å². The van der Waals surface area contributed by atoms with Crippen molar-refractivity contribution in [2.45, 2.75) is 19.3 Å². The van der Waals surface area contributed by atoms with Crippen LogP contribution in [0, 0.1) is 11.8 Å². The summed E-state index contributed by atoms with van der Waals surface area (Å²) in [6, 6.07) is 6.86. The molecule has 0 aromatic heterocycles. The lowest BCUT2D eigenvalue weighted by Crippen LogP contribution is -2.37. The van der Waals surface area contributed by atoms with Crippen LogP contribution in [0.1, 0.15) is 19.3 Å². The van der Waals surface area contributed by atoms with Gasteiger partial charge in [-0.1, -0.05) is 23.8 Å². The van der Waals surface area contributed by atoms with E-state index in [1.165, 1.54) is 4.90 Å². The number of carbonyl (C=O) groups is 3. The Morgan fingerprint density at radius 1 is 1.08 bits per heavy atom. The molecule has 1 aromatic carbocycles. The molecule has 0 bridgehead atoms. The lowest BCUT2D eigenvalue weighted by Gasteiger charge is -2.15. The molecule has 6 nitrogen and oxygen atoms in total. The Bertz CT molecular complexity index is 661. The standard InChI is InChI=1S/C17H18ClN3O3/c18-11-5-7-12(8-6-11)19-20-15(22)9-10-21-16(23)13-3-1-2-4-14(13)17(21)24/h1-2,5-8,13-14,19H,3-4,9-10H2,(H,20,22). The zero-order chi connectivity index (χ0) is 17.1. The number of imide groups is 1. The van der Waals surface area contributed by atoms with Gasteiger partial charge in [0.2, 0.25) is 17.7 Å². The third kappa shape index (κ3) is 3.43. The van der Waals surface area contributed by atoms with E-state index >= 15 is 0 Å². The summed E-state index contributed by atoms with van der Waals surface area (Å²) in [6.45, 7) is 0.110. The first-order chi connectivity index (χ1) is 11.6. The predicted molar refractivity (Wildman–Crippen MR) is 89.9 cm³/mol. The number of anilines is 1. The van der Waals surface area contributed by atoms with Crippen molar-refractivity contribution < 1.29 is 14.4 Å². The van der Waals surface area contributed by atoms with Crippen molar-refractivity contribution in [1.82, 2.24) is 10.3 Å². The summed E-state index contributed by atoms with van der Waals surface area (Å²) in [5.41, 5.74) is 6.00. The van der Waals surface area contributed by atoms with Crippen LogP contribution < -0.4 is 10.9 Å². The fourth-order valence-electron chi connectivity index (χ4n) is 3.04. The van der Waals surface area contributed by atoms with Gasteiger partial charge in [-0.3, -0.25) is 30.1 Å². The lowest BCUT2D eigenvalue weighted by atomic mass is 9.85. The van der Waals surface area contributed by atoms with Crippen molar-refractivity contribution in [3.05, 3.63) is 41.4 Å². The van der Waals surface area contributed by atoms with Gasteiger partial charge in [0.05, 0.1) is 17.5 Å². The smallest absolute Gasteiger partial charge is 0.240 e. The molecule has 1 aliphatic carbocycles. The molecule has 3 amide bonds. The number of rotatable bonds is 5. The van der Waals surface area contributed by atoms with Crippen LogP contribution in [-0.4, -0.2) is 29.2 Å². The molecule has 0 spiro atoms. The van der Waals surface area contributed by atoms with E-state index in [0.29, 0.717) is 23.6 Å². The number of allylic oxidation sites excluding steroid dienone is 2. The summed E-state index contributed by atoms with van der Waals surface area (Å²) in [4.78, 5) is 37.7. The van der Waals surface area contributed by atoms with Gasteiger partial charge in [-0.2, -0.15) is 0 Å². The van der Waals surface area contributed by atoms with Crippen LogP contribution in [0.25, 0.3) is 0 Å². The summed E-state index contributed by atoms with van der Waals surface area (Å²) in [5.74, 6) is -1.12. The molecule has 1 heterocycles. The van der Waals surface area contributed by atoms with Crippen LogP contribution in [0.3, 0.4) is 0 Å². The highest BCUT2D eigenvalue weighted by atomic mass is 35.5. The molecule has 126 valence electrons. The Morgan fingerprint density at radius 2 is 1.67 bits per heavy atom. The zero-order valence-corrected chi connectivity index (χ0v) is 13.8. The van der Waals surface area contributed by atoms with Crippen LogP contribution in [0.2, 0.25) is 5.02 Å². The average Bonchev–Trinajstić information content (AvgIpc) is 2.84. The number of hydrogen-bond acceptors (Lipinski definition) is 4. The third-order valence-corrected chi connectivity index (χ3v) is 4.60. The molecule has 24 heavy (non-hydrogen) atoms. The maximum absolute atomic E-state index is 12.3. The maximum Gasteiger partial charge on any atom is 0.240 e. The van der Waals surface area contributed by atoms with E-state index in [1.54, 1.807) is 24.3 Å². The topological polar surface area (TPSA) is 78.5 Å². The van der Waals surface area contributed by atoms with E-state index in [2.05, 4.69) is 10.9 Å². The summed E-state index contributed by atoms with van der Waals surface area (Å²) in [5, 5.41) is 0.605. The minimum absolute atomic E-state index is 0.0605. The molecule has 1 fully saturated rings. The second kappa shape index (κ2) is 7.05. The van der Waals surface area contributed by atoms with Crippen molar-refractivity contribution >= 4 is 35.0 Å². The maximum atomic E-state index is 12.3. The number of fused-ring (bicyclic) bond motifs is 1. The molecule has 3 rings (SSSR count). The normalized spacial score (nSPS) is 22.5. The molecular formula is C17H18ClN3O3. The highest BCUT2D eigenvalue weighted by molar-refractivity contribution is 6.30.